The van der Waals surface area contributed by atoms with E-state index in [2.05, 4.69) is 16.6 Å². The smallest absolute Gasteiger partial charge is 0.322 e. The highest BCUT2D eigenvalue weighted by atomic mass is 16.4. The number of nitrogens with two attached hydrogens (primary N) is 2. The predicted octanol–water partition coefficient (Wildman–Crippen LogP) is 0.312. The molecule has 0 aromatic heterocycles. The Morgan fingerprint density at radius 1 is 0.667 bits per heavy atom. The van der Waals surface area contributed by atoms with E-state index in [9.17, 15) is 29.4 Å². The fourth-order valence-electron chi connectivity index (χ4n) is 2.55. The van der Waals surface area contributed by atoms with Gasteiger partial charge >= 0.3 is 23.9 Å². The van der Waals surface area contributed by atoms with Crippen molar-refractivity contribution in [3.8, 4) is 0 Å². The minimum atomic E-state index is -1.05. The highest BCUT2D eigenvalue weighted by molar-refractivity contribution is 5.75. The van der Waals surface area contributed by atoms with Gasteiger partial charge in [-0.2, -0.15) is 0 Å². The summed E-state index contributed by atoms with van der Waals surface area (Å²) in [5, 5.41) is 34.2. The third kappa shape index (κ3) is 16.7. The highest BCUT2D eigenvalue weighted by Gasteiger charge is 2.22. The van der Waals surface area contributed by atoms with Crippen molar-refractivity contribution in [1.82, 2.24) is 10.9 Å². The van der Waals surface area contributed by atoms with Crippen LogP contribution < -0.4 is 22.3 Å². The van der Waals surface area contributed by atoms with Crippen LogP contribution in [0.2, 0.25) is 0 Å². The number of carbonyl (C=O) groups is 4. The summed E-state index contributed by atoms with van der Waals surface area (Å²) in [5.41, 5.74) is 16.6. The molecule has 0 saturated carbocycles. The van der Waals surface area contributed by atoms with Crippen molar-refractivity contribution in [1.29, 1.82) is 0 Å². The van der Waals surface area contributed by atoms with Crippen molar-refractivity contribution in [2.45, 2.75) is 37.8 Å². The van der Waals surface area contributed by atoms with Crippen molar-refractivity contribution >= 4 is 23.9 Å². The monoisotopic (exact) mass is 506 g/mol. The van der Waals surface area contributed by atoms with E-state index in [4.69, 9.17) is 15.9 Å². The minimum absolute atomic E-state index is 0.191. The van der Waals surface area contributed by atoms with Crippen LogP contribution in [0.5, 0.6) is 0 Å². The van der Waals surface area contributed by atoms with E-state index in [-0.39, 0.29) is 25.8 Å². The molecule has 12 nitrogen and oxygen atoms in total. The summed E-state index contributed by atoms with van der Waals surface area (Å²) in [6.45, 7) is 0.187. The summed E-state index contributed by atoms with van der Waals surface area (Å²) < 4.78 is 0. The van der Waals surface area contributed by atoms with E-state index in [1.807, 2.05) is 60.7 Å². The second-order valence-electron chi connectivity index (χ2n) is 7.33. The van der Waals surface area contributed by atoms with Gasteiger partial charge in [-0.25, -0.2) is 10.9 Å². The number of aliphatic carboxylic acids is 4. The van der Waals surface area contributed by atoms with Crippen molar-refractivity contribution in [2.24, 2.45) is 11.5 Å². The lowest BCUT2D eigenvalue weighted by Gasteiger charge is -2.20. The largest absolute Gasteiger partial charge is 0.481 e. The van der Waals surface area contributed by atoms with Crippen LogP contribution in [0.1, 0.15) is 24.0 Å². The van der Waals surface area contributed by atoms with E-state index in [0.717, 1.165) is 11.1 Å². The molecule has 2 rings (SSSR count). The lowest BCUT2D eigenvalue weighted by atomic mass is 10.1. The summed E-state index contributed by atoms with van der Waals surface area (Å²) in [7, 11) is 0. The second kappa shape index (κ2) is 19.5. The molecule has 0 spiro atoms. The normalized spacial score (nSPS) is 11.5. The summed E-state index contributed by atoms with van der Waals surface area (Å²) in [5.74, 6) is -3.83. The molecule has 0 bridgehead atoms. The second-order valence-corrected chi connectivity index (χ2v) is 7.33. The molecule has 0 saturated heterocycles. The molecule has 0 heterocycles. The van der Waals surface area contributed by atoms with Gasteiger partial charge in [0.2, 0.25) is 0 Å². The number of hydrogen-bond acceptors (Lipinski definition) is 8. The SMILES string of the molecule is NCC(=O)O.NCCCC(=O)O.O=C(O)[C@H](Cc1ccccc1)NN[C@@H](Cc1ccccc1)C(=O)O. The zero-order valence-electron chi connectivity index (χ0n) is 19.7. The standard InChI is InChI=1S/C18H20N2O4.C4H9NO2.C2H5NO2/c21-17(22)15(11-13-7-3-1-4-8-13)19-20-16(18(23)24)12-14-9-5-2-6-10-14;5-3-1-2-4(6)7;3-1-2(4)5/h1-10,15-16,19-20H,11-12H2,(H,21,22)(H,23,24);1-3,5H2,(H,6,7);1,3H2,(H,4,5)/t15-,16-;;/m0../s1. The van der Waals surface area contributed by atoms with Gasteiger partial charge in [-0.1, -0.05) is 60.7 Å². The highest BCUT2D eigenvalue weighted by Crippen LogP contribution is 2.05. The molecule has 0 aliphatic carbocycles. The third-order valence-corrected chi connectivity index (χ3v) is 4.36. The quantitative estimate of drug-likeness (QED) is 0.172. The fraction of sp³-hybridized carbons (Fsp3) is 0.333. The molecular formula is C24H34N4O8. The molecule has 0 aliphatic heterocycles. The van der Waals surface area contributed by atoms with Gasteiger partial charge in [0.05, 0.1) is 6.54 Å². The number of hydrogen-bond donors (Lipinski definition) is 8. The topological polar surface area (TPSA) is 225 Å². The van der Waals surface area contributed by atoms with Crippen LogP contribution in [0.4, 0.5) is 0 Å². The molecule has 2 aromatic carbocycles. The molecule has 10 N–H and O–H groups in total. The van der Waals surface area contributed by atoms with Crippen molar-refractivity contribution < 1.29 is 39.6 Å². The molecule has 2 atom stereocenters. The molecule has 0 fully saturated rings. The van der Waals surface area contributed by atoms with Crippen LogP contribution in [-0.4, -0.2) is 69.5 Å². The Hall–Kier alpha value is -3.84. The molecule has 0 aliphatic rings. The summed E-state index contributed by atoms with van der Waals surface area (Å²) in [6, 6.07) is 16.5. The Morgan fingerprint density at radius 3 is 1.25 bits per heavy atom. The Balaban J connectivity index is 0.000000847. The van der Waals surface area contributed by atoms with Gasteiger partial charge in [-0.05, 0) is 36.9 Å². The number of nitrogens with one attached hydrogen (secondary N) is 2. The number of rotatable bonds is 13. The molecule has 2 aromatic rings. The van der Waals surface area contributed by atoms with Crippen LogP contribution >= 0.6 is 0 Å². The molecule has 198 valence electrons. The molecule has 36 heavy (non-hydrogen) atoms. The first-order valence-corrected chi connectivity index (χ1v) is 11.0. The Labute approximate surface area is 208 Å². The average molecular weight is 507 g/mol. The molecule has 12 heteroatoms. The maximum atomic E-state index is 11.4. The van der Waals surface area contributed by atoms with Crippen molar-refractivity contribution in [3.05, 3.63) is 71.8 Å². The van der Waals surface area contributed by atoms with Gasteiger partial charge in [0.15, 0.2) is 0 Å². The van der Waals surface area contributed by atoms with Crippen molar-refractivity contribution in [3.63, 3.8) is 0 Å². The van der Waals surface area contributed by atoms with Crippen LogP contribution in [-0.2, 0) is 32.0 Å². The first-order chi connectivity index (χ1) is 17.1. The maximum absolute atomic E-state index is 11.4. The number of benzene rings is 2. The number of carboxylic acid groups (broad SMARTS) is 4. The van der Waals surface area contributed by atoms with Crippen LogP contribution in [0.15, 0.2) is 60.7 Å². The lowest BCUT2D eigenvalue weighted by molar-refractivity contribution is -0.143. The summed E-state index contributed by atoms with van der Waals surface area (Å²) in [4.78, 5) is 41.7. The van der Waals surface area contributed by atoms with Gasteiger partial charge < -0.3 is 31.9 Å². The Morgan fingerprint density at radius 2 is 1.03 bits per heavy atom. The summed E-state index contributed by atoms with van der Waals surface area (Å²) in [6.07, 6.45) is 1.27. The zero-order chi connectivity index (χ0) is 27.3. The minimum Gasteiger partial charge on any atom is -0.481 e. The van der Waals surface area contributed by atoms with E-state index in [1.54, 1.807) is 0 Å². The van der Waals surface area contributed by atoms with Gasteiger partial charge in [0.25, 0.3) is 0 Å². The van der Waals surface area contributed by atoms with Crippen molar-refractivity contribution in [2.75, 3.05) is 13.1 Å². The predicted molar refractivity (Wildman–Crippen MR) is 132 cm³/mol. The number of hydrazine groups is 1. The van der Waals surface area contributed by atoms with E-state index in [1.165, 1.54) is 0 Å². The van der Waals surface area contributed by atoms with Gasteiger partial charge in [-0.15, -0.1) is 0 Å². The van der Waals surface area contributed by atoms with Crippen LogP contribution in [0, 0.1) is 0 Å². The third-order valence-electron chi connectivity index (χ3n) is 4.36. The fourth-order valence-corrected chi connectivity index (χ4v) is 2.55. The summed E-state index contributed by atoms with van der Waals surface area (Å²) >= 11 is 0. The van der Waals surface area contributed by atoms with Gasteiger partial charge in [0, 0.05) is 6.42 Å². The van der Waals surface area contributed by atoms with Crippen LogP contribution in [0.3, 0.4) is 0 Å². The molecule has 0 radical (unpaired) electrons. The lowest BCUT2D eigenvalue weighted by Crippen LogP contribution is -2.53. The van der Waals surface area contributed by atoms with Gasteiger partial charge in [-0.3, -0.25) is 19.2 Å². The van der Waals surface area contributed by atoms with Crippen LogP contribution in [0.25, 0.3) is 0 Å². The first kappa shape index (κ1) is 32.2. The van der Waals surface area contributed by atoms with E-state index < -0.39 is 36.0 Å². The van der Waals surface area contributed by atoms with E-state index >= 15 is 0 Å². The first-order valence-electron chi connectivity index (χ1n) is 11.0. The molecule has 0 unspecified atom stereocenters. The average Bonchev–Trinajstić information content (AvgIpc) is 2.86. The molecule has 0 amide bonds. The van der Waals surface area contributed by atoms with Gasteiger partial charge in [0.1, 0.15) is 12.1 Å². The maximum Gasteiger partial charge on any atom is 0.322 e. The Bertz CT molecular complexity index is 853. The number of carboxylic acids is 4. The zero-order valence-corrected chi connectivity index (χ0v) is 19.7. The Kier molecular flexibility index (Phi) is 17.4. The van der Waals surface area contributed by atoms with E-state index in [0.29, 0.717) is 13.0 Å². The molecular weight excluding hydrogens is 472 g/mol.